The number of piperidine rings is 1. The van der Waals surface area contributed by atoms with Crippen molar-refractivity contribution in [1.29, 1.82) is 0 Å². The average Bonchev–Trinajstić information content (AvgIpc) is 2.37. The number of halogens is 1. The molecule has 1 unspecified atom stereocenters. The van der Waals surface area contributed by atoms with Crippen LogP contribution in [0.5, 0.6) is 0 Å². The van der Waals surface area contributed by atoms with Crippen molar-refractivity contribution in [2.24, 2.45) is 0 Å². The van der Waals surface area contributed by atoms with Crippen molar-refractivity contribution in [3.63, 3.8) is 0 Å². The number of carbonyl (C=O) groups excluding carboxylic acids is 1. The van der Waals surface area contributed by atoms with Crippen LogP contribution >= 0.6 is 0 Å². The first-order valence-corrected chi connectivity index (χ1v) is 7.23. The molecule has 1 aromatic rings. The Morgan fingerprint density at radius 3 is 2.95 bits per heavy atom. The van der Waals surface area contributed by atoms with Crippen molar-refractivity contribution in [2.75, 3.05) is 11.9 Å². The van der Waals surface area contributed by atoms with Gasteiger partial charge in [0.15, 0.2) is 0 Å². The lowest BCUT2D eigenvalue weighted by atomic mass is 9.70. The Morgan fingerprint density at radius 2 is 2.25 bits per heavy atom. The van der Waals surface area contributed by atoms with Gasteiger partial charge in [0.05, 0.1) is 0 Å². The van der Waals surface area contributed by atoms with Gasteiger partial charge in [-0.2, -0.15) is 0 Å². The van der Waals surface area contributed by atoms with E-state index in [2.05, 4.69) is 16.0 Å². The highest BCUT2D eigenvalue weighted by Gasteiger charge is 2.41. The molecule has 4 nitrogen and oxygen atoms in total. The van der Waals surface area contributed by atoms with Crippen molar-refractivity contribution in [3.05, 3.63) is 30.1 Å². The first kappa shape index (κ1) is 13.4. The first-order chi connectivity index (χ1) is 9.65. The molecule has 1 aliphatic heterocycles. The van der Waals surface area contributed by atoms with Gasteiger partial charge in [-0.05, 0) is 56.8 Å². The normalized spacial score (nSPS) is 23.9. The Hall–Kier alpha value is -1.62. The van der Waals surface area contributed by atoms with Crippen molar-refractivity contribution in [2.45, 2.75) is 43.7 Å². The molecular weight excluding hydrogens is 257 g/mol. The van der Waals surface area contributed by atoms with E-state index in [0.29, 0.717) is 5.69 Å². The number of urea groups is 1. The molecule has 2 fully saturated rings. The minimum absolute atomic E-state index is 0.199. The Labute approximate surface area is 118 Å². The number of benzene rings is 1. The molecule has 0 aromatic heterocycles. The Bertz CT molecular complexity index is 502. The summed E-state index contributed by atoms with van der Waals surface area (Å²) >= 11 is 0. The number of anilines is 1. The molecule has 1 aromatic carbocycles. The standard InChI is InChI=1S/C15H20FN3O/c16-11-3-1-4-12(9-11)18-14(20)19-13-5-8-17-15(10-13)6-2-7-15/h1,3-4,9,13,17H,2,5-8,10H2,(H2,18,19,20). The number of hydrogen-bond acceptors (Lipinski definition) is 2. The summed E-state index contributed by atoms with van der Waals surface area (Å²) in [6.45, 7) is 0.949. The Balaban J connectivity index is 1.53. The fourth-order valence-electron chi connectivity index (χ4n) is 3.18. The van der Waals surface area contributed by atoms with E-state index in [1.54, 1.807) is 12.1 Å². The maximum absolute atomic E-state index is 13.1. The fourth-order valence-corrected chi connectivity index (χ4v) is 3.18. The molecule has 2 amide bonds. The van der Waals surface area contributed by atoms with Gasteiger partial charge in [0.25, 0.3) is 0 Å². The quantitative estimate of drug-likeness (QED) is 0.778. The third-order valence-electron chi connectivity index (χ3n) is 4.36. The molecule has 1 atom stereocenters. The molecule has 2 aliphatic rings. The number of rotatable bonds is 2. The topological polar surface area (TPSA) is 53.2 Å². The van der Waals surface area contributed by atoms with Gasteiger partial charge in [0.2, 0.25) is 0 Å². The van der Waals surface area contributed by atoms with Crippen molar-refractivity contribution in [1.82, 2.24) is 10.6 Å². The van der Waals surface area contributed by atoms with Gasteiger partial charge in [-0.25, -0.2) is 9.18 Å². The van der Waals surface area contributed by atoms with E-state index in [-0.39, 0.29) is 23.4 Å². The van der Waals surface area contributed by atoms with Gasteiger partial charge in [-0.15, -0.1) is 0 Å². The van der Waals surface area contributed by atoms with Crippen molar-refractivity contribution >= 4 is 11.7 Å². The minimum Gasteiger partial charge on any atom is -0.335 e. The molecule has 5 heteroatoms. The highest BCUT2D eigenvalue weighted by molar-refractivity contribution is 5.89. The molecule has 1 heterocycles. The van der Waals surface area contributed by atoms with Crippen molar-refractivity contribution < 1.29 is 9.18 Å². The van der Waals surface area contributed by atoms with Crippen LogP contribution in [-0.2, 0) is 0 Å². The number of hydrogen-bond donors (Lipinski definition) is 3. The SMILES string of the molecule is O=C(Nc1cccc(F)c1)NC1CCNC2(CCC2)C1. The monoisotopic (exact) mass is 277 g/mol. The van der Waals surface area contributed by atoms with Crippen LogP contribution in [0.3, 0.4) is 0 Å². The van der Waals surface area contributed by atoms with Gasteiger partial charge in [0.1, 0.15) is 5.82 Å². The molecular formula is C15H20FN3O. The third-order valence-corrected chi connectivity index (χ3v) is 4.36. The molecule has 20 heavy (non-hydrogen) atoms. The van der Waals surface area contributed by atoms with E-state index in [1.807, 2.05) is 0 Å². The Morgan fingerprint density at radius 1 is 1.40 bits per heavy atom. The van der Waals surface area contributed by atoms with Crippen LogP contribution in [0.25, 0.3) is 0 Å². The van der Waals surface area contributed by atoms with Crippen LogP contribution in [0.1, 0.15) is 32.1 Å². The summed E-state index contributed by atoms with van der Waals surface area (Å²) in [6, 6.07) is 5.88. The summed E-state index contributed by atoms with van der Waals surface area (Å²) < 4.78 is 13.1. The van der Waals surface area contributed by atoms with Gasteiger partial charge in [-0.1, -0.05) is 6.07 Å². The maximum Gasteiger partial charge on any atom is 0.319 e. The molecule has 1 saturated carbocycles. The molecule has 1 aliphatic carbocycles. The van der Waals surface area contributed by atoms with Crippen LogP contribution in [0, 0.1) is 5.82 Å². The van der Waals surface area contributed by atoms with Gasteiger partial charge in [0, 0.05) is 17.3 Å². The summed E-state index contributed by atoms with van der Waals surface area (Å²) in [7, 11) is 0. The fraction of sp³-hybridized carbons (Fsp3) is 0.533. The summed E-state index contributed by atoms with van der Waals surface area (Å²) in [5, 5.41) is 9.25. The third kappa shape index (κ3) is 2.93. The van der Waals surface area contributed by atoms with Crippen LogP contribution in [0.15, 0.2) is 24.3 Å². The largest absolute Gasteiger partial charge is 0.335 e. The second-order valence-electron chi connectivity index (χ2n) is 5.86. The molecule has 0 radical (unpaired) electrons. The number of carbonyl (C=O) groups is 1. The lowest BCUT2D eigenvalue weighted by Crippen LogP contribution is -2.60. The van der Waals surface area contributed by atoms with Crippen LogP contribution in [-0.4, -0.2) is 24.2 Å². The predicted molar refractivity (Wildman–Crippen MR) is 76.2 cm³/mol. The van der Waals surface area contributed by atoms with Gasteiger partial charge >= 0.3 is 6.03 Å². The van der Waals surface area contributed by atoms with E-state index in [0.717, 1.165) is 19.4 Å². The summed E-state index contributed by atoms with van der Waals surface area (Å²) in [5.74, 6) is -0.349. The summed E-state index contributed by atoms with van der Waals surface area (Å²) in [6.07, 6.45) is 5.62. The smallest absolute Gasteiger partial charge is 0.319 e. The van der Waals surface area contributed by atoms with Crippen LogP contribution in [0.2, 0.25) is 0 Å². The van der Waals surface area contributed by atoms with Gasteiger partial charge in [-0.3, -0.25) is 0 Å². The zero-order valence-corrected chi connectivity index (χ0v) is 11.4. The van der Waals surface area contributed by atoms with Crippen LogP contribution < -0.4 is 16.0 Å². The molecule has 0 bridgehead atoms. The zero-order valence-electron chi connectivity index (χ0n) is 11.4. The predicted octanol–water partition coefficient (Wildman–Crippen LogP) is 2.62. The lowest BCUT2D eigenvalue weighted by molar-refractivity contribution is 0.122. The molecule has 1 saturated heterocycles. The minimum atomic E-state index is -0.349. The van der Waals surface area contributed by atoms with E-state index >= 15 is 0 Å². The highest BCUT2D eigenvalue weighted by atomic mass is 19.1. The Kier molecular flexibility index (Phi) is 3.61. The first-order valence-electron chi connectivity index (χ1n) is 7.23. The molecule has 3 N–H and O–H groups in total. The summed E-state index contributed by atoms with van der Waals surface area (Å²) in [5.41, 5.74) is 0.740. The van der Waals surface area contributed by atoms with Gasteiger partial charge < -0.3 is 16.0 Å². The van der Waals surface area contributed by atoms with E-state index < -0.39 is 0 Å². The van der Waals surface area contributed by atoms with E-state index in [1.165, 1.54) is 31.4 Å². The number of nitrogens with one attached hydrogen (secondary N) is 3. The molecule has 1 spiro atoms. The second-order valence-corrected chi connectivity index (χ2v) is 5.86. The van der Waals surface area contributed by atoms with E-state index in [9.17, 15) is 9.18 Å². The molecule has 3 rings (SSSR count). The average molecular weight is 277 g/mol. The van der Waals surface area contributed by atoms with Crippen LogP contribution in [0.4, 0.5) is 14.9 Å². The second kappa shape index (κ2) is 5.40. The summed E-state index contributed by atoms with van der Waals surface area (Å²) in [4.78, 5) is 11.9. The van der Waals surface area contributed by atoms with E-state index in [4.69, 9.17) is 0 Å². The lowest BCUT2D eigenvalue weighted by Gasteiger charge is -2.48. The highest BCUT2D eigenvalue weighted by Crippen LogP contribution is 2.38. The maximum atomic E-state index is 13.1. The van der Waals surface area contributed by atoms with Crippen molar-refractivity contribution in [3.8, 4) is 0 Å². The number of amides is 2. The molecule has 108 valence electrons. The zero-order chi connectivity index (χ0) is 14.0.